The van der Waals surface area contributed by atoms with Crippen LogP contribution < -0.4 is 0 Å². The molecule has 1 heteroatoms. The Labute approximate surface area is 145 Å². The Bertz CT molecular complexity index is 544. The van der Waals surface area contributed by atoms with Gasteiger partial charge in [-0.3, -0.25) is 0 Å². The molecule has 5 unspecified atom stereocenters. The smallest absolute Gasteiger partial charge is 0.0544 e. The molecule has 0 bridgehead atoms. The van der Waals surface area contributed by atoms with Gasteiger partial charge in [-0.05, 0) is 73.6 Å². The van der Waals surface area contributed by atoms with Crippen molar-refractivity contribution >= 4 is 8.07 Å². The lowest BCUT2D eigenvalue weighted by atomic mass is 9.72. The molecule has 0 amide bonds. The van der Waals surface area contributed by atoms with E-state index in [0.29, 0.717) is 0 Å². The van der Waals surface area contributed by atoms with Gasteiger partial charge in [-0.15, -0.1) is 0 Å². The van der Waals surface area contributed by atoms with Crippen LogP contribution in [0.4, 0.5) is 0 Å². The Morgan fingerprint density at radius 1 is 0.739 bits per heavy atom. The fourth-order valence-corrected chi connectivity index (χ4v) is 12.4. The largest absolute Gasteiger partial charge is 0.0689 e. The van der Waals surface area contributed by atoms with Crippen LogP contribution in [-0.2, 0) is 0 Å². The van der Waals surface area contributed by atoms with Crippen LogP contribution in [0.3, 0.4) is 0 Å². The van der Waals surface area contributed by atoms with E-state index in [0.717, 1.165) is 34.8 Å². The third-order valence-electron chi connectivity index (χ3n) is 8.75. The highest BCUT2D eigenvalue weighted by Gasteiger charge is 2.56. The summed E-state index contributed by atoms with van der Waals surface area (Å²) in [6.07, 6.45) is 6.06. The van der Waals surface area contributed by atoms with Crippen molar-refractivity contribution in [3.8, 4) is 0 Å². The predicted molar refractivity (Wildman–Crippen MR) is 106 cm³/mol. The highest BCUT2D eigenvalue weighted by molar-refractivity contribution is 6.80. The minimum Gasteiger partial charge on any atom is -0.0689 e. The first kappa shape index (κ1) is 17.5. The zero-order valence-corrected chi connectivity index (χ0v) is 17.8. The number of rotatable bonds is 2. The lowest BCUT2D eigenvalue weighted by Gasteiger charge is -2.44. The van der Waals surface area contributed by atoms with Gasteiger partial charge in [0, 0.05) is 0 Å². The number of hydrogen-bond acceptors (Lipinski definition) is 0. The second kappa shape index (κ2) is 5.90. The molecule has 0 nitrogen and oxygen atoms in total. The van der Waals surface area contributed by atoms with Crippen LogP contribution in [0.2, 0.25) is 24.2 Å². The Morgan fingerprint density at radius 3 is 1.74 bits per heavy atom. The van der Waals surface area contributed by atoms with Crippen LogP contribution in [0.15, 0.2) is 22.3 Å². The number of hydrogen-bond donors (Lipinski definition) is 0. The quantitative estimate of drug-likeness (QED) is 0.469. The van der Waals surface area contributed by atoms with Crippen LogP contribution in [-0.4, -0.2) is 8.07 Å². The third kappa shape index (κ3) is 2.44. The monoisotopic (exact) mass is 330 g/mol. The average molecular weight is 331 g/mol. The third-order valence-corrected chi connectivity index (χ3v) is 14.0. The molecule has 0 radical (unpaired) electrons. The molecule has 0 aromatic carbocycles. The first-order valence-corrected chi connectivity index (χ1v) is 13.2. The van der Waals surface area contributed by atoms with Crippen LogP contribution in [0, 0.1) is 23.7 Å². The van der Waals surface area contributed by atoms with E-state index in [1.165, 1.54) is 25.7 Å². The van der Waals surface area contributed by atoms with Crippen molar-refractivity contribution in [3.63, 3.8) is 0 Å². The summed E-state index contributed by atoms with van der Waals surface area (Å²) in [5.74, 6) is 3.44. The summed E-state index contributed by atoms with van der Waals surface area (Å²) in [4.78, 5) is 0. The first-order valence-electron chi connectivity index (χ1n) is 10.0. The standard InChI is InChI=1S/C22H38Si/c1-13-14(2)16(4)21-20(15(13)3)17(5)18(6)22(21)23(7,8)19-11-9-10-12-19/h17-22H,9-12H2,1-8H3. The SMILES string of the molecule is CC1=C(C)C2C(C)C(C)C([Si](C)(C)C3CCCC3)C2C(C)=C1C. The molecule has 23 heavy (non-hydrogen) atoms. The molecule has 5 atom stereocenters. The molecule has 3 rings (SSSR count). The second-order valence-electron chi connectivity index (χ2n) is 9.71. The lowest BCUT2D eigenvalue weighted by molar-refractivity contribution is 0.371. The maximum Gasteiger partial charge on any atom is 0.0544 e. The maximum atomic E-state index is 2.75. The van der Waals surface area contributed by atoms with Crippen molar-refractivity contribution in [2.75, 3.05) is 0 Å². The molecule has 130 valence electrons. The normalized spacial score (nSPS) is 39.4. The van der Waals surface area contributed by atoms with Crippen molar-refractivity contribution in [2.45, 2.75) is 91.4 Å². The molecular weight excluding hydrogens is 292 g/mol. The molecule has 3 aliphatic carbocycles. The lowest BCUT2D eigenvalue weighted by Crippen LogP contribution is -2.42. The van der Waals surface area contributed by atoms with Gasteiger partial charge in [-0.25, -0.2) is 0 Å². The van der Waals surface area contributed by atoms with Gasteiger partial charge in [0.2, 0.25) is 0 Å². The van der Waals surface area contributed by atoms with Gasteiger partial charge in [0.25, 0.3) is 0 Å². The van der Waals surface area contributed by atoms with Gasteiger partial charge < -0.3 is 0 Å². The Kier molecular flexibility index (Phi) is 4.49. The van der Waals surface area contributed by atoms with Crippen LogP contribution in [0.25, 0.3) is 0 Å². The number of fused-ring (bicyclic) bond motifs is 1. The van der Waals surface area contributed by atoms with E-state index in [1.54, 1.807) is 22.3 Å². The van der Waals surface area contributed by atoms with E-state index >= 15 is 0 Å². The van der Waals surface area contributed by atoms with E-state index in [-0.39, 0.29) is 0 Å². The predicted octanol–water partition coefficient (Wildman–Crippen LogP) is 7.21. The minimum absolute atomic E-state index is 0.826. The molecule has 0 saturated heterocycles. The molecule has 0 aromatic heterocycles. The topological polar surface area (TPSA) is 0 Å². The van der Waals surface area contributed by atoms with Crippen molar-refractivity contribution in [1.29, 1.82) is 0 Å². The minimum atomic E-state index is -1.23. The Balaban J connectivity index is 2.05. The van der Waals surface area contributed by atoms with Gasteiger partial charge in [-0.2, -0.15) is 0 Å². The van der Waals surface area contributed by atoms with Crippen LogP contribution in [0.1, 0.15) is 67.2 Å². The van der Waals surface area contributed by atoms with E-state index in [4.69, 9.17) is 0 Å². The molecule has 0 aromatic rings. The van der Waals surface area contributed by atoms with Gasteiger partial charge >= 0.3 is 0 Å². The van der Waals surface area contributed by atoms with E-state index in [9.17, 15) is 0 Å². The van der Waals surface area contributed by atoms with Crippen molar-refractivity contribution < 1.29 is 0 Å². The number of allylic oxidation sites excluding steroid dienone is 4. The molecule has 3 aliphatic rings. The highest BCUT2D eigenvalue weighted by Crippen LogP contribution is 2.63. The van der Waals surface area contributed by atoms with Crippen molar-refractivity contribution in [3.05, 3.63) is 22.3 Å². The van der Waals surface area contributed by atoms with E-state index in [1.807, 2.05) is 0 Å². The zero-order valence-electron chi connectivity index (χ0n) is 16.8. The van der Waals surface area contributed by atoms with Gasteiger partial charge in [0.05, 0.1) is 8.07 Å². The molecule has 0 aliphatic heterocycles. The summed E-state index contributed by atoms with van der Waals surface area (Å²) in [7, 11) is -1.23. The van der Waals surface area contributed by atoms with Crippen LogP contribution in [0.5, 0.6) is 0 Å². The zero-order chi connectivity index (χ0) is 17.1. The molecule has 2 saturated carbocycles. The maximum absolute atomic E-state index is 2.75. The Morgan fingerprint density at radius 2 is 1.22 bits per heavy atom. The summed E-state index contributed by atoms with van der Waals surface area (Å²) < 4.78 is 0. The summed E-state index contributed by atoms with van der Waals surface area (Å²) in [6, 6.07) is 0. The second-order valence-corrected chi connectivity index (χ2v) is 14.8. The van der Waals surface area contributed by atoms with Gasteiger partial charge in [0.15, 0.2) is 0 Å². The molecule has 0 heterocycles. The summed E-state index contributed by atoms with van der Waals surface area (Å²) >= 11 is 0. The summed E-state index contributed by atoms with van der Waals surface area (Å²) in [6.45, 7) is 20.3. The van der Waals surface area contributed by atoms with Crippen molar-refractivity contribution in [2.24, 2.45) is 23.7 Å². The van der Waals surface area contributed by atoms with Gasteiger partial charge in [0.1, 0.15) is 0 Å². The fraction of sp³-hybridized carbons (Fsp3) is 0.818. The average Bonchev–Trinajstić information content (AvgIpc) is 3.12. The van der Waals surface area contributed by atoms with E-state index < -0.39 is 8.07 Å². The molecular formula is C22H38Si. The van der Waals surface area contributed by atoms with E-state index in [2.05, 4.69) is 54.6 Å². The molecule has 0 spiro atoms. The fourth-order valence-electron chi connectivity index (χ4n) is 6.91. The molecule has 2 fully saturated rings. The van der Waals surface area contributed by atoms with Crippen LogP contribution >= 0.6 is 0 Å². The Hall–Kier alpha value is -0.303. The summed E-state index contributed by atoms with van der Waals surface area (Å²) in [5, 5.41) is 0. The van der Waals surface area contributed by atoms with Crippen molar-refractivity contribution in [1.82, 2.24) is 0 Å². The molecule has 0 N–H and O–H groups in total. The highest BCUT2D eigenvalue weighted by atomic mass is 28.3. The van der Waals surface area contributed by atoms with Gasteiger partial charge in [-0.1, -0.05) is 63.8 Å². The first-order chi connectivity index (χ1) is 10.7. The summed E-state index contributed by atoms with van der Waals surface area (Å²) in [5.41, 5.74) is 8.76.